The molecule has 0 bridgehead atoms. The Hall–Kier alpha value is -0.160. The molecule has 0 spiro atoms. The van der Waals surface area contributed by atoms with Crippen molar-refractivity contribution in [1.29, 1.82) is 0 Å². The summed E-state index contributed by atoms with van der Waals surface area (Å²) in [6.45, 7) is 7.49. The third-order valence-electron chi connectivity index (χ3n) is 3.82. The van der Waals surface area contributed by atoms with Crippen LogP contribution in [0.4, 0.5) is 0 Å². The molecule has 102 valence electrons. The first-order valence-corrected chi connectivity index (χ1v) is 6.57. The number of ether oxygens (including phenoxy) is 2. The van der Waals surface area contributed by atoms with Crippen LogP contribution in [0.1, 0.15) is 26.7 Å². The lowest BCUT2D eigenvalue weighted by Crippen LogP contribution is -2.61. The third kappa shape index (κ3) is 3.41. The molecule has 1 fully saturated rings. The van der Waals surface area contributed by atoms with Crippen LogP contribution in [-0.2, 0) is 9.47 Å². The van der Waals surface area contributed by atoms with Gasteiger partial charge in [0.15, 0.2) is 0 Å². The summed E-state index contributed by atoms with van der Waals surface area (Å²) in [6.07, 6.45) is 2.55. The Morgan fingerprint density at radius 1 is 1.29 bits per heavy atom. The van der Waals surface area contributed by atoms with Crippen LogP contribution in [-0.4, -0.2) is 57.0 Å². The second kappa shape index (κ2) is 6.69. The summed E-state index contributed by atoms with van der Waals surface area (Å²) in [5.41, 5.74) is 6.08. The van der Waals surface area contributed by atoms with Crippen molar-refractivity contribution in [2.75, 3.05) is 40.5 Å². The van der Waals surface area contributed by atoms with Gasteiger partial charge in [-0.15, -0.1) is 0 Å². The van der Waals surface area contributed by atoms with Gasteiger partial charge in [0.05, 0.1) is 18.8 Å². The normalized spacial score (nSPS) is 19.9. The zero-order valence-electron chi connectivity index (χ0n) is 11.7. The lowest BCUT2D eigenvalue weighted by Gasteiger charge is -2.46. The summed E-state index contributed by atoms with van der Waals surface area (Å²) in [7, 11) is 3.51. The van der Waals surface area contributed by atoms with Gasteiger partial charge in [-0.3, -0.25) is 4.90 Å². The first-order chi connectivity index (χ1) is 8.12. The average molecular weight is 244 g/mol. The standard InChI is InChI=1S/C13H28N2O2/c1-11(2)15(7-8-16-3)13(9-14,10-17-4)12-5-6-12/h11-12H,5-10,14H2,1-4H3. The van der Waals surface area contributed by atoms with E-state index in [-0.39, 0.29) is 5.54 Å². The smallest absolute Gasteiger partial charge is 0.0661 e. The van der Waals surface area contributed by atoms with E-state index in [0.29, 0.717) is 18.5 Å². The highest BCUT2D eigenvalue weighted by Crippen LogP contribution is 2.43. The Morgan fingerprint density at radius 3 is 2.29 bits per heavy atom. The van der Waals surface area contributed by atoms with E-state index in [9.17, 15) is 0 Å². The van der Waals surface area contributed by atoms with Crippen LogP contribution in [0.15, 0.2) is 0 Å². The zero-order valence-corrected chi connectivity index (χ0v) is 11.7. The lowest BCUT2D eigenvalue weighted by atomic mass is 9.90. The van der Waals surface area contributed by atoms with E-state index in [2.05, 4.69) is 18.7 Å². The molecule has 0 aliphatic heterocycles. The second-order valence-electron chi connectivity index (χ2n) is 5.29. The lowest BCUT2D eigenvalue weighted by molar-refractivity contribution is -0.0302. The first-order valence-electron chi connectivity index (χ1n) is 6.57. The van der Waals surface area contributed by atoms with Gasteiger partial charge in [0.1, 0.15) is 0 Å². The molecule has 1 rings (SSSR count). The van der Waals surface area contributed by atoms with Crippen LogP contribution >= 0.6 is 0 Å². The molecule has 0 radical (unpaired) electrons. The SMILES string of the molecule is COCCN(C(C)C)C(CN)(COC)C1CC1. The summed E-state index contributed by atoms with van der Waals surface area (Å²) in [5.74, 6) is 0.687. The average Bonchev–Trinajstić information content (AvgIpc) is 3.11. The molecule has 0 saturated heterocycles. The highest BCUT2D eigenvalue weighted by atomic mass is 16.5. The number of nitrogens with two attached hydrogens (primary N) is 1. The second-order valence-corrected chi connectivity index (χ2v) is 5.29. The number of nitrogens with zero attached hydrogens (tertiary/aromatic N) is 1. The summed E-state index contributed by atoms with van der Waals surface area (Å²) in [6, 6.07) is 0.462. The van der Waals surface area contributed by atoms with Crippen LogP contribution in [0.3, 0.4) is 0 Å². The Bertz CT molecular complexity index is 219. The van der Waals surface area contributed by atoms with E-state index in [1.165, 1.54) is 12.8 Å². The fourth-order valence-electron chi connectivity index (χ4n) is 2.83. The molecular weight excluding hydrogens is 216 g/mol. The van der Waals surface area contributed by atoms with Crippen molar-refractivity contribution in [2.24, 2.45) is 11.7 Å². The van der Waals surface area contributed by atoms with Gasteiger partial charge in [-0.25, -0.2) is 0 Å². The molecular formula is C13H28N2O2. The van der Waals surface area contributed by atoms with Crippen LogP contribution in [0.2, 0.25) is 0 Å². The predicted octanol–water partition coefficient (Wildman–Crippen LogP) is 1.10. The molecule has 4 nitrogen and oxygen atoms in total. The van der Waals surface area contributed by atoms with E-state index < -0.39 is 0 Å². The Balaban J connectivity index is 2.81. The van der Waals surface area contributed by atoms with Crippen LogP contribution in [0.5, 0.6) is 0 Å². The maximum Gasteiger partial charge on any atom is 0.0661 e. The number of rotatable bonds is 9. The molecule has 1 aliphatic rings. The number of methoxy groups -OCH3 is 2. The van der Waals surface area contributed by atoms with Gasteiger partial charge < -0.3 is 15.2 Å². The maximum absolute atomic E-state index is 6.08. The highest BCUT2D eigenvalue weighted by molar-refractivity contribution is 5.04. The Kier molecular flexibility index (Phi) is 5.86. The minimum Gasteiger partial charge on any atom is -0.383 e. The fourth-order valence-corrected chi connectivity index (χ4v) is 2.83. The van der Waals surface area contributed by atoms with Gasteiger partial charge in [-0.05, 0) is 32.6 Å². The summed E-state index contributed by atoms with van der Waals surface area (Å²) in [5, 5.41) is 0. The van der Waals surface area contributed by atoms with Crippen molar-refractivity contribution in [2.45, 2.75) is 38.3 Å². The van der Waals surface area contributed by atoms with Gasteiger partial charge in [-0.2, -0.15) is 0 Å². The van der Waals surface area contributed by atoms with E-state index in [0.717, 1.165) is 19.8 Å². The maximum atomic E-state index is 6.08. The molecule has 1 atom stereocenters. The van der Waals surface area contributed by atoms with Crippen molar-refractivity contribution in [3.05, 3.63) is 0 Å². The zero-order chi connectivity index (χ0) is 12.9. The summed E-state index contributed by atoms with van der Waals surface area (Å²) >= 11 is 0. The van der Waals surface area contributed by atoms with Crippen LogP contribution in [0, 0.1) is 5.92 Å². The minimum atomic E-state index is 0.00144. The molecule has 4 heteroatoms. The molecule has 0 amide bonds. The predicted molar refractivity (Wildman–Crippen MR) is 70.1 cm³/mol. The largest absolute Gasteiger partial charge is 0.383 e. The summed E-state index contributed by atoms with van der Waals surface area (Å²) in [4.78, 5) is 2.47. The molecule has 1 aliphatic carbocycles. The van der Waals surface area contributed by atoms with Gasteiger partial charge in [-0.1, -0.05) is 0 Å². The van der Waals surface area contributed by atoms with Crippen molar-refractivity contribution in [1.82, 2.24) is 4.90 Å². The van der Waals surface area contributed by atoms with E-state index in [1.807, 2.05) is 0 Å². The summed E-state index contributed by atoms with van der Waals surface area (Å²) < 4.78 is 10.7. The van der Waals surface area contributed by atoms with Crippen LogP contribution in [0.25, 0.3) is 0 Å². The van der Waals surface area contributed by atoms with Crippen molar-refractivity contribution in [3.8, 4) is 0 Å². The van der Waals surface area contributed by atoms with Crippen molar-refractivity contribution in [3.63, 3.8) is 0 Å². The molecule has 1 saturated carbocycles. The van der Waals surface area contributed by atoms with Gasteiger partial charge in [0, 0.05) is 33.4 Å². The number of hydrogen-bond acceptors (Lipinski definition) is 4. The topological polar surface area (TPSA) is 47.7 Å². The molecule has 2 N–H and O–H groups in total. The van der Waals surface area contributed by atoms with Gasteiger partial charge in [0.25, 0.3) is 0 Å². The van der Waals surface area contributed by atoms with Gasteiger partial charge in [0.2, 0.25) is 0 Å². The monoisotopic (exact) mass is 244 g/mol. The molecule has 0 heterocycles. The Morgan fingerprint density at radius 2 is 1.94 bits per heavy atom. The molecule has 0 aromatic carbocycles. The Labute approximate surface area is 105 Å². The molecule has 0 aromatic heterocycles. The number of hydrogen-bond donors (Lipinski definition) is 1. The van der Waals surface area contributed by atoms with Crippen molar-refractivity contribution >= 4 is 0 Å². The van der Waals surface area contributed by atoms with Crippen LogP contribution < -0.4 is 5.73 Å². The van der Waals surface area contributed by atoms with E-state index in [4.69, 9.17) is 15.2 Å². The first kappa shape index (κ1) is 14.9. The highest BCUT2D eigenvalue weighted by Gasteiger charge is 2.49. The third-order valence-corrected chi connectivity index (χ3v) is 3.82. The minimum absolute atomic E-state index is 0.00144. The molecule has 0 aromatic rings. The van der Waals surface area contributed by atoms with Crippen molar-refractivity contribution < 1.29 is 9.47 Å². The van der Waals surface area contributed by atoms with Gasteiger partial charge >= 0.3 is 0 Å². The fraction of sp³-hybridized carbons (Fsp3) is 1.00. The quantitative estimate of drug-likeness (QED) is 0.660. The molecule has 1 unspecified atom stereocenters. The van der Waals surface area contributed by atoms with E-state index >= 15 is 0 Å². The molecule has 17 heavy (non-hydrogen) atoms. The van der Waals surface area contributed by atoms with E-state index in [1.54, 1.807) is 14.2 Å².